The Morgan fingerprint density at radius 2 is 1.76 bits per heavy atom. The molecule has 1 aliphatic carbocycles. The second kappa shape index (κ2) is 12.1. The minimum Gasteiger partial charge on any atom is -0.479 e. The minimum atomic E-state index is -1.06. The smallest absolute Gasteiger partial charge is 0.329 e. The lowest BCUT2D eigenvalue weighted by Gasteiger charge is -2.42. The summed E-state index contributed by atoms with van der Waals surface area (Å²) < 4.78 is 0. The summed E-state index contributed by atoms with van der Waals surface area (Å²) in [4.78, 5) is 51.1. The summed E-state index contributed by atoms with van der Waals surface area (Å²) in [5.74, 6) is -2.33. The summed E-state index contributed by atoms with van der Waals surface area (Å²) in [7, 11) is 0. The summed E-state index contributed by atoms with van der Waals surface area (Å²) in [6.45, 7) is 0.341. The van der Waals surface area contributed by atoms with Crippen LogP contribution in [0.5, 0.6) is 0 Å². The molecule has 12 heteroatoms. The normalized spacial score (nSPS) is 20.2. The molecular formula is C22H33N7O5. The number of hydrogen-bond acceptors (Lipinski definition) is 7. The van der Waals surface area contributed by atoms with Gasteiger partial charge in [0.05, 0.1) is 18.7 Å². The van der Waals surface area contributed by atoms with Crippen molar-refractivity contribution in [2.24, 2.45) is 23.1 Å². The fraction of sp³-hybridized carbons (Fsp3) is 0.545. The highest BCUT2D eigenvalue weighted by molar-refractivity contribution is 5.95. The van der Waals surface area contributed by atoms with Crippen LogP contribution >= 0.6 is 0 Å². The van der Waals surface area contributed by atoms with Crippen molar-refractivity contribution < 1.29 is 24.3 Å². The van der Waals surface area contributed by atoms with Crippen LogP contribution in [0, 0.1) is 11.3 Å². The van der Waals surface area contributed by atoms with Crippen LogP contribution in [-0.2, 0) is 14.4 Å². The SMILES string of the molecule is N=C(N)c1ccc(C(N)=O)cn1.NC(=O)CNCC(=O)N1CCC[C@]1(C(=O)O)C1CCCCC1. The van der Waals surface area contributed by atoms with Crippen molar-refractivity contribution in [1.29, 1.82) is 5.41 Å². The number of pyridine rings is 1. The van der Waals surface area contributed by atoms with Gasteiger partial charge in [-0.2, -0.15) is 0 Å². The summed E-state index contributed by atoms with van der Waals surface area (Å²) >= 11 is 0. The first-order valence-electron chi connectivity index (χ1n) is 11.2. The second-order valence-electron chi connectivity index (χ2n) is 8.49. The molecule has 1 aromatic rings. The molecule has 12 nitrogen and oxygen atoms in total. The number of nitrogen functional groups attached to an aromatic ring is 1. The number of carboxylic acids is 1. The molecule has 0 radical (unpaired) electrons. The van der Waals surface area contributed by atoms with E-state index in [-0.39, 0.29) is 30.8 Å². The van der Waals surface area contributed by atoms with Crippen molar-refractivity contribution in [3.63, 3.8) is 0 Å². The molecule has 2 heterocycles. The van der Waals surface area contributed by atoms with Gasteiger partial charge < -0.3 is 27.2 Å². The zero-order chi connectivity index (χ0) is 25.3. The van der Waals surface area contributed by atoms with Crippen LogP contribution in [0.3, 0.4) is 0 Å². The number of aliphatic carboxylic acids is 1. The zero-order valence-electron chi connectivity index (χ0n) is 19.1. The van der Waals surface area contributed by atoms with Gasteiger partial charge in [0, 0.05) is 12.7 Å². The Hall–Kier alpha value is -3.54. The van der Waals surface area contributed by atoms with E-state index in [1.54, 1.807) is 0 Å². The number of carboxylic acid groups (broad SMARTS) is 1. The number of nitrogens with zero attached hydrogens (tertiary/aromatic N) is 2. The molecule has 0 spiro atoms. The summed E-state index contributed by atoms with van der Waals surface area (Å²) in [5.41, 5.74) is 14.7. The van der Waals surface area contributed by atoms with Crippen molar-refractivity contribution in [1.82, 2.24) is 15.2 Å². The molecule has 1 atom stereocenters. The van der Waals surface area contributed by atoms with E-state index in [9.17, 15) is 24.3 Å². The Morgan fingerprint density at radius 1 is 1.09 bits per heavy atom. The molecule has 2 fully saturated rings. The highest BCUT2D eigenvalue weighted by Gasteiger charge is 2.54. The number of amides is 3. The van der Waals surface area contributed by atoms with E-state index in [4.69, 9.17) is 22.6 Å². The van der Waals surface area contributed by atoms with E-state index in [0.29, 0.717) is 30.6 Å². The molecule has 34 heavy (non-hydrogen) atoms. The Kier molecular flexibility index (Phi) is 9.48. The van der Waals surface area contributed by atoms with Gasteiger partial charge in [0.2, 0.25) is 17.7 Å². The number of nitrogens with two attached hydrogens (primary N) is 3. The fourth-order valence-electron chi connectivity index (χ4n) is 4.68. The average molecular weight is 476 g/mol. The topological polar surface area (TPSA) is 219 Å². The lowest BCUT2D eigenvalue weighted by molar-refractivity contribution is -0.161. The van der Waals surface area contributed by atoms with Gasteiger partial charge >= 0.3 is 5.97 Å². The van der Waals surface area contributed by atoms with Gasteiger partial charge in [-0.05, 0) is 43.7 Å². The number of aromatic nitrogens is 1. The van der Waals surface area contributed by atoms with Crippen molar-refractivity contribution in [2.45, 2.75) is 50.5 Å². The van der Waals surface area contributed by atoms with Crippen LogP contribution in [0.2, 0.25) is 0 Å². The number of likely N-dealkylation sites (tertiary alicyclic amines) is 1. The molecule has 1 saturated carbocycles. The highest BCUT2D eigenvalue weighted by Crippen LogP contribution is 2.43. The van der Waals surface area contributed by atoms with Crippen molar-refractivity contribution in [2.75, 3.05) is 19.6 Å². The van der Waals surface area contributed by atoms with Crippen LogP contribution in [-0.4, -0.2) is 69.7 Å². The van der Waals surface area contributed by atoms with Gasteiger partial charge in [-0.1, -0.05) is 19.3 Å². The largest absolute Gasteiger partial charge is 0.479 e. The number of primary amides is 2. The number of carbonyl (C=O) groups excluding carboxylic acids is 3. The van der Waals surface area contributed by atoms with E-state index < -0.39 is 23.3 Å². The molecule has 9 N–H and O–H groups in total. The van der Waals surface area contributed by atoms with Crippen molar-refractivity contribution >= 4 is 29.5 Å². The second-order valence-corrected chi connectivity index (χ2v) is 8.49. The molecule has 0 unspecified atom stereocenters. The quantitative estimate of drug-likeness (QED) is 0.213. The third kappa shape index (κ3) is 6.50. The molecule has 0 bridgehead atoms. The van der Waals surface area contributed by atoms with E-state index >= 15 is 0 Å². The Labute approximate surface area is 197 Å². The van der Waals surface area contributed by atoms with Gasteiger partial charge in [-0.3, -0.25) is 30.1 Å². The predicted octanol–water partition coefficient (Wildman–Crippen LogP) is -0.448. The molecule has 3 amide bonds. The maximum atomic E-state index is 12.4. The van der Waals surface area contributed by atoms with E-state index in [2.05, 4.69) is 10.3 Å². The minimum absolute atomic E-state index is 0.0290. The monoisotopic (exact) mass is 475 g/mol. The molecule has 1 saturated heterocycles. The maximum absolute atomic E-state index is 12.4. The van der Waals surface area contributed by atoms with Crippen LogP contribution in [0.4, 0.5) is 0 Å². The maximum Gasteiger partial charge on any atom is 0.329 e. The first-order valence-corrected chi connectivity index (χ1v) is 11.2. The highest BCUT2D eigenvalue weighted by atomic mass is 16.4. The van der Waals surface area contributed by atoms with Gasteiger partial charge in [0.1, 0.15) is 17.1 Å². The molecule has 186 valence electrons. The number of carbonyl (C=O) groups is 4. The first-order chi connectivity index (χ1) is 16.1. The number of amidine groups is 1. The molecule has 1 aromatic heterocycles. The molecule has 2 aliphatic rings. The zero-order valence-corrected chi connectivity index (χ0v) is 19.1. The third-order valence-corrected chi connectivity index (χ3v) is 6.27. The third-order valence-electron chi connectivity index (χ3n) is 6.27. The van der Waals surface area contributed by atoms with Crippen molar-refractivity contribution in [3.8, 4) is 0 Å². The van der Waals surface area contributed by atoms with Crippen LogP contribution in [0.25, 0.3) is 0 Å². The lowest BCUT2D eigenvalue weighted by Crippen LogP contribution is -2.59. The standard InChI is InChI=1S/C15H25N3O4.C7H8N4O/c16-12(19)9-17-10-13(20)18-8-4-7-15(18,14(21)22)11-5-2-1-3-6-11;8-6(9)5-2-1-4(3-11-5)7(10)12/h11,17H,1-10H2,(H2,16,19)(H,21,22);1-3H,(H3,8,9)(H2,10,12)/t15-;/m1./s1. The van der Waals surface area contributed by atoms with E-state index in [0.717, 1.165) is 32.1 Å². The lowest BCUT2D eigenvalue weighted by atomic mass is 9.73. The summed E-state index contributed by atoms with van der Waals surface area (Å²) in [5, 5.41) is 19.6. The van der Waals surface area contributed by atoms with Crippen molar-refractivity contribution in [3.05, 3.63) is 29.6 Å². The van der Waals surface area contributed by atoms with E-state index in [1.165, 1.54) is 23.2 Å². The summed E-state index contributed by atoms with van der Waals surface area (Å²) in [6.07, 6.45) is 7.46. The molecule has 0 aromatic carbocycles. The molecule has 1 aliphatic heterocycles. The molecule has 3 rings (SSSR count). The number of rotatable bonds is 8. The average Bonchev–Trinajstić information content (AvgIpc) is 3.26. The Bertz CT molecular complexity index is 882. The fourth-order valence-corrected chi connectivity index (χ4v) is 4.68. The van der Waals surface area contributed by atoms with Gasteiger partial charge in [0.25, 0.3) is 0 Å². The van der Waals surface area contributed by atoms with Crippen LogP contribution < -0.4 is 22.5 Å². The van der Waals surface area contributed by atoms with Gasteiger partial charge in [-0.25, -0.2) is 4.79 Å². The van der Waals surface area contributed by atoms with Crippen LogP contribution in [0.1, 0.15) is 61.0 Å². The molecular weight excluding hydrogens is 442 g/mol. The Morgan fingerprint density at radius 3 is 2.26 bits per heavy atom. The predicted molar refractivity (Wildman–Crippen MR) is 124 cm³/mol. The van der Waals surface area contributed by atoms with Crippen LogP contribution in [0.15, 0.2) is 18.3 Å². The number of hydrogen-bond donors (Lipinski definition) is 6. The van der Waals surface area contributed by atoms with E-state index in [1.807, 2.05) is 0 Å². The number of nitrogens with one attached hydrogen (secondary N) is 2. The summed E-state index contributed by atoms with van der Waals surface area (Å²) in [6, 6.07) is 2.95. The Balaban J connectivity index is 0.000000287. The van der Waals surface area contributed by atoms with Gasteiger partial charge in [0.15, 0.2) is 0 Å². The van der Waals surface area contributed by atoms with Gasteiger partial charge in [-0.15, -0.1) is 0 Å². The first kappa shape index (κ1) is 26.7.